The van der Waals surface area contributed by atoms with Gasteiger partial charge in [0.15, 0.2) is 0 Å². The Labute approximate surface area is 89.4 Å². The summed E-state index contributed by atoms with van der Waals surface area (Å²) in [6.45, 7) is 0.109. The van der Waals surface area contributed by atoms with Gasteiger partial charge in [-0.3, -0.25) is 10.1 Å². The molecule has 0 unspecified atom stereocenters. The molecular formula is C8H7N3O3S. The van der Waals surface area contributed by atoms with E-state index >= 15 is 0 Å². The molecule has 2 N–H and O–H groups in total. The number of thiophene rings is 1. The van der Waals surface area contributed by atoms with Crippen LogP contribution in [0.2, 0.25) is 0 Å². The van der Waals surface area contributed by atoms with E-state index in [0.717, 1.165) is 11.3 Å². The summed E-state index contributed by atoms with van der Waals surface area (Å²) in [5, 5.41) is 16.6. The molecule has 0 bridgehead atoms. The van der Waals surface area contributed by atoms with Crippen LogP contribution >= 0.6 is 11.3 Å². The molecular weight excluding hydrogens is 218 g/mol. The zero-order valence-corrected chi connectivity index (χ0v) is 8.34. The number of amides is 2. The fourth-order valence-corrected chi connectivity index (χ4v) is 1.45. The molecule has 78 valence electrons. The molecule has 0 aliphatic heterocycles. The number of terminal acetylenes is 1. The molecule has 0 atom stereocenters. The van der Waals surface area contributed by atoms with Crippen LogP contribution in [0.1, 0.15) is 0 Å². The molecule has 0 radical (unpaired) electrons. The highest BCUT2D eigenvalue weighted by Crippen LogP contribution is 2.25. The van der Waals surface area contributed by atoms with Crippen molar-refractivity contribution in [2.45, 2.75) is 0 Å². The zero-order valence-electron chi connectivity index (χ0n) is 7.52. The number of rotatable bonds is 3. The quantitative estimate of drug-likeness (QED) is 0.463. The number of nitrogens with zero attached hydrogens (tertiary/aromatic N) is 1. The van der Waals surface area contributed by atoms with Crippen LogP contribution < -0.4 is 10.6 Å². The topological polar surface area (TPSA) is 84.3 Å². The molecule has 0 fully saturated rings. The predicted octanol–water partition coefficient (Wildman–Crippen LogP) is 1.41. The van der Waals surface area contributed by atoms with Gasteiger partial charge in [0.05, 0.1) is 23.2 Å². The summed E-state index contributed by atoms with van der Waals surface area (Å²) in [5.41, 5.74) is 0.376. The van der Waals surface area contributed by atoms with E-state index in [9.17, 15) is 14.9 Å². The summed E-state index contributed by atoms with van der Waals surface area (Å²) in [4.78, 5) is 20.9. The molecule has 1 heterocycles. The van der Waals surface area contributed by atoms with Crippen molar-refractivity contribution in [3.05, 3.63) is 21.6 Å². The molecule has 1 aromatic rings. The predicted molar refractivity (Wildman–Crippen MR) is 56.8 cm³/mol. The third kappa shape index (κ3) is 3.28. The minimum Gasteiger partial charge on any atom is -0.327 e. The highest BCUT2D eigenvalue weighted by Gasteiger charge is 2.10. The number of carbonyl (C=O) groups excluding carboxylic acids is 1. The normalized spacial score (nSPS) is 9.00. The number of hydrogen-bond acceptors (Lipinski definition) is 4. The van der Waals surface area contributed by atoms with Gasteiger partial charge in [0, 0.05) is 5.38 Å². The summed E-state index contributed by atoms with van der Waals surface area (Å²) in [6.07, 6.45) is 4.93. The zero-order chi connectivity index (χ0) is 11.3. The van der Waals surface area contributed by atoms with Crippen LogP contribution in [0.3, 0.4) is 0 Å². The molecule has 1 rings (SSSR count). The van der Waals surface area contributed by atoms with Gasteiger partial charge in [0.25, 0.3) is 0 Å². The second kappa shape index (κ2) is 4.97. The molecule has 0 saturated carbocycles. The molecule has 0 saturated heterocycles. The van der Waals surface area contributed by atoms with Gasteiger partial charge in [-0.15, -0.1) is 6.42 Å². The lowest BCUT2D eigenvalue weighted by Gasteiger charge is -2.01. The average molecular weight is 225 g/mol. The lowest BCUT2D eigenvalue weighted by Crippen LogP contribution is -2.28. The van der Waals surface area contributed by atoms with Crippen LogP contribution in [0.5, 0.6) is 0 Å². The van der Waals surface area contributed by atoms with Crippen molar-refractivity contribution in [1.29, 1.82) is 0 Å². The van der Waals surface area contributed by atoms with Gasteiger partial charge in [0.1, 0.15) is 0 Å². The van der Waals surface area contributed by atoms with Gasteiger partial charge in [-0.2, -0.15) is 0 Å². The number of nitro groups is 1. The van der Waals surface area contributed by atoms with Crippen molar-refractivity contribution in [3.8, 4) is 12.3 Å². The van der Waals surface area contributed by atoms with E-state index in [-0.39, 0.29) is 11.5 Å². The maximum absolute atomic E-state index is 11.1. The van der Waals surface area contributed by atoms with Crippen LogP contribution in [-0.4, -0.2) is 17.5 Å². The highest BCUT2D eigenvalue weighted by atomic mass is 32.1. The number of carbonyl (C=O) groups is 1. The van der Waals surface area contributed by atoms with Crippen molar-refractivity contribution >= 4 is 28.1 Å². The van der Waals surface area contributed by atoms with Gasteiger partial charge in [-0.1, -0.05) is 17.3 Å². The number of hydrogen-bond donors (Lipinski definition) is 2. The monoisotopic (exact) mass is 225 g/mol. The van der Waals surface area contributed by atoms with Gasteiger partial charge in [-0.05, 0) is 0 Å². The molecule has 0 aliphatic carbocycles. The Morgan fingerprint density at radius 3 is 3.00 bits per heavy atom. The summed E-state index contributed by atoms with van der Waals surface area (Å²) >= 11 is 0.942. The van der Waals surface area contributed by atoms with E-state index in [0.29, 0.717) is 5.69 Å². The smallest absolute Gasteiger partial charge is 0.326 e. The highest BCUT2D eigenvalue weighted by molar-refractivity contribution is 7.13. The van der Waals surface area contributed by atoms with Crippen molar-refractivity contribution in [2.75, 3.05) is 11.9 Å². The first-order valence-electron chi connectivity index (χ1n) is 3.84. The van der Waals surface area contributed by atoms with E-state index in [1.807, 2.05) is 0 Å². The van der Waals surface area contributed by atoms with Gasteiger partial charge >= 0.3 is 11.0 Å². The Bertz CT molecular complexity index is 421. The van der Waals surface area contributed by atoms with Gasteiger partial charge in [-0.25, -0.2) is 4.79 Å². The Hall–Kier alpha value is -2.07. The van der Waals surface area contributed by atoms with Crippen molar-refractivity contribution < 1.29 is 9.72 Å². The van der Waals surface area contributed by atoms with Crippen LogP contribution in [0.4, 0.5) is 15.5 Å². The molecule has 0 spiro atoms. The molecule has 6 nitrogen and oxygen atoms in total. The molecule has 0 aliphatic rings. The first-order chi connectivity index (χ1) is 7.13. The first kappa shape index (κ1) is 11.0. The largest absolute Gasteiger partial charge is 0.327 e. The van der Waals surface area contributed by atoms with Crippen LogP contribution in [0, 0.1) is 22.5 Å². The summed E-state index contributed by atoms with van der Waals surface area (Å²) in [6, 6.07) is 0.792. The number of urea groups is 1. The van der Waals surface area contributed by atoms with Crippen LogP contribution in [0.25, 0.3) is 0 Å². The Kier molecular flexibility index (Phi) is 3.65. The van der Waals surface area contributed by atoms with Crippen LogP contribution in [0.15, 0.2) is 11.4 Å². The maximum Gasteiger partial charge on any atom is 0.326 e. The summed E-state index contributed by atoms with van der Waals surface area (Å²) in [7, 11) is 0. The Morgan fingerprint density at radius 1 is 1.73 bits per heavy atom. The SMILES string of the molecule is C#CCNC(=O)Nc1csc([N+](=O)[O-])c1. The molecule has 2 amide bonds. The van der Waals surface area contributed by atoms with Crippen molar-refractivity contribution in [2.24, 2.45) is 0 Å². The van der Waals surface area contributed by atoms with Crippen molar-refractivity contribution in [1.82, 2.24) is 5.32 Å². The van der Waals surface area contributed by atoms with E-state index in [1.165, 1.54) is 11.4 Å². The van der Waals surface area contributed by atoms with Gasteiger partial charge in [0.2, 0.25) is 0 Å². The Balaban J connectivity index is 2.54. The maximum atomic E-state index is 11.1. The molecule has 15 heavy (non-hydrogen) atoms. The van der Waals surface area contributed by atoms with E-state index in [1.54, 1.807) is 0 Å². The first-order valence-corrected chi connectivity index (χ1v) is 4.72. The second-order valence-electron chi connectivity index (χ2n) is 2.44. The fraction of sp³-hybridized carbons (Fsp3) is 0.125. The van der Waals surface area contributed by atoms with E-state index < -0.39 is 11.0 Å². The third-order valence-corrected chi connectivity index (χ3v) is 2.25. The lowest BCUT2D eigenvalue weighted by atomic mass is 10.5. The second-order valence-corrected chi connectivity index (χ2v) is 3.33. The van der Waals surface area contributed by atoms with Crippen LogP contribution in [-0.2, 0) is 0 Å². The third-order valence-electron chi connectivity index (χ3n) is 1.37. The molecule has 0 aromatic carbocycles. The average Bonchev–Trinajstić information content (AvgIpc) is 2.63. The number of nitrogens with one attached hydrogen (secondary N) is 2. The minimum atomic E-state index is -0.519. The lowest BCUT2D eigenvalue weighted by molar-refractivity contribution is -0.380. The van der Waals surface area contributed by atoms with Gasteiger partial charge < -0.3 is 10.6 Å². The van der Waals surface area contributed by atoms with E-state index in [2.05, 4.69) is 16.6 Å². The minimum absolute atomic E-state index is 0.0257. The summed E-state index contributed by atoms with van der Waals surface area (Å²) < 4.78 is 0. The summed E-state index contributed by atoms with van der Waals surface area (Å²) in [5.74, 6) is 2.23. The fourth-order valence-electron chi connectivity index (χ4n) is 0.793. The standard InChI is InChI=1S/C8H7N3O3S/c1-2-3-9-8(12)10-6-4-7(11(13)14)15-5-6/h1,4-5H,3H2,(H2,9,10,12). The molecule has 1 aromatic heterocycles. The molecule has 7 heteroatoms. The van der Waals surface area contributed by atoms with Crippen molar-refractivity contribution in [3.63, 3.8) is 0 Å². The Morgan fingerprint density at radius 2 is 2.47 bits per heavy atom. The number of anilines is 1. The van der Waals surface area contributed by atoms with E-state index in [4.69, 9.17) is 6.42 Å².